The van der Waals surface area contributed by atoms with E-state index < -0.39 is 5.91 Å². The zero-order valence-electron chi connectivity index (χ0n) is 13.3. The van der Waals surface area contributed by atoms with E-state index in [1.54, 1.807) is 42.5 Å². The summed E-state index contributed by atoms with van der Waals surface area (Å²) in [6, 6.07) is 14.0. The van der Waals surface area contributed by atoms with Crippen LogP contribution in [0.25, 0.3) is 0 Å². The Hall–Kier alpha value is -2.68. The summed E-state index contributed by atoms with van der Waals surface area (Å²) >= 11 is 11.8. The van der Waals surface area contributed by atoms with Gasteiger partial charge in [0.15, 0.2) is 0 Å². The molecule has 0 aliphatic heterocycles. The summed E-state index contributed by atoms with van der Waals surface area (Å²) in [7, 11) is 1.52. The lowest BCUT2D eigenvalue weighted by Gasteiger charge is -2.07. The molecule has 0 aliphatic carbocycles. The number of ether oxygens (including phenoxy) is 1. The minimum absolute atomic E-state index is 0.0547. The number of hydrogen-bond acceptors (Lipinski definition) is 4. The second-order valence-electron chi connectivity index (χ2n) is 4.97. The van der Waals surface area contributed by atoms with Gasteiger partial charge in [0, 0.05) is 23.5 Å². The van der Waals surface area contributed by atoms with Gasteiger partial charge in [0.1, 0.15) is 17.4 Å². The lowest BCUT2D eigenvalue weighted by molar-refractivity contribution is -0.117. The first-order chi connectivity index (χ1) is 12.0. The topological polar surface area (TPSA) is 74.1 Å². The molecule has 0 heterocycles. The second-order valence-corrected chi connectivity index (χ2v) is 5.82. The Morgan fingerprint density at radius 1 is 1.24 bits per heavy atom. The van der Waals surface area contributed by atoms with E-state index in [2.05, 4.69) is 10.6 Å². The van der Waals surface area contributed by atoms with Crippen LogP contribution in [0.15, 0.2) is 54.2 Å². The molecule has 5 nitrogen and oxygen atoms in total. The van der Waals surface area contributed by atoms with Crippen LogP contribution >= 0.6 is 23.2 Å². The van der Waals surface area contributed by atoms with Crippen molar-refractivity contribution in [2.45, 2.75) is 6.54 Å². The molecule has 0 radical (unpaired) electrons. The van der Waals surface area contributed by atoms with Crippen molar-refractivity contribution in [3.63, 3.8) is 0 Å². The van der Waals surface area contributed by atoms with Gasteiger partial charge in [-0.15, -0.1) is 0 Å². The number of rotatable bonds is 6. The molecule has 0 fully saturated rings. The van der Waals surface area contributed by atoms with Crippen LogP contribution in [0.5, 0.6) is 5.75 Å². The van der Waals surface area contributed by atoms with Crippen molar-refractivity contribution in [3.05, 3.63) is 69.8 Å². The minimum Gasteiger partial charge on any atom is -0.495 e. The predicted molar refractivity (Wildman–Crippen MR) is 98.6 cm³/mol. The molecule has 1 amide bonds. The van der Waals surface area contributed by atoms with E-state index in [1.165, 1.54) is 13.3 Å². The van der Waals surface area contributed by atoms with Crippen LogP contribution < -0.4 is 15.4 Å². The average Bonchev–Trinajstić information content (AvgIpc) is 2.62. The van der Waals surface area contributed by atoms with E-state index in [4.69, 9.17) is 33.2 Å². The first-order valence-corrected chi connectivity index (χ1v) is 8.02. The first-order valence-electron chi connectivity index (χ1n) is 7.26. The van der Waals surface area contributed by atoms with Crippen molar-refractivity contribution in [1.82, 2.24) is 5.32 Å². The fourth-order valence-electron chi connectivity index (χ4n) is 1.94. The molecule has 2 aromatic carbocycles. The number of nitrogens with one attached hydrogen (secondary N) is 2. The summed E-state index contributed by atoms with van der Waals surface area (Å²) in [5, 5.41) is 15.8. The fourth-order valence-corrected chi connectivity index (χ4v) is 2.32. The highest BCUT2D eigenvalue weighted by atomic mass is 35.5. The highest BCUT2D eigenvalue weighted by molar-refractivity contribution is 6.32. The molecule has 0 bridgehead atoms. The Morgan fingerprint density at radius 2 is 1.96 bits per heavy atom. The van der Waals surface area contributed by atoms with E-state index in [0.29, 0.717) is 28.0 Å². The maximum atomic E-state index is 12.1. The summed E-state index contributed by atoms with van der Waals surface area (Å²) in [4.78, 5) is 12.1. The van der Waals surface area contributed by atoms with Gasteiger partial charge in [-0.05, 0) is 35.9 Å². The van der Waals surface area contributed by atoms with Crippen molar-refractivity contribution in [1.29, 1.82) is 5.26 Å². The maximum Gasteiger partial charge on any atom is 0.263 e. The monoisotopic (exact) mass is 375 g/mol. The molecule has 0 unspecified atom stereocenters. The molecule has 2 N–H and O–H groups in total. The van der Waals surface area contributed by atoms with E-state index in [9.17, 15) is 4.79 Å². The molecule has 0 spiro atoms. The molecular formula is C18H15Cl2N3O2. The summed E-state index contributed by atoms with van der Waals surface area (Å²) in [6.45, 7) is 0.295. The zero-order valence-corrected chi connectivity index (χ0v) is 14.9. The number of nitriles is 1. The third-order valence-corrected chi connectivity index (χ3v) is 3.81. The molecule has 7 heteroatoms. The van der Waals surface area contributed by atoms with Crippen LogP contribution in [-0.2, 0) is 11.3 Å². The third-order valence-electron chi connectivity index (χ3n) is 3.27. The smallest absolute Gasteiger partial charge is 0.263 e. The number of benzene rings is 2. The van der Waals surface area contributed by atoms with Crippen molar-refractivity contribution in [3.8, 4) is 11.8 Å². The van der Waals surface area contributed by atoms with Crippen LogP contribution in [0.1, 0.15) is 5.56 Å². The van der Waals surface area contributed by atoms with Crippen molar-refractivity contribution >= 4 is 34.8 Å². The minimum atomic E-state index is -0.482. The Balaban J connectivity index is 1.99. The number of nitrogens with zero attached hydrogens (tertiary/aromatic N) is 1. The normalized spacial score (nSPS) is 10.7. The van der Waals surface area contributed by atoms with Gasteiger partial charge < -0.3 is 15.4 Å². The van der Waals surface area contributed by atoms with Crippen LogP contribution in [0.2, 0.25) is 10.0 Å². The van der Waals surface area contributed by atoms with Crippen LogP contribution in [0, 0.1) is 11.3 Å². The predicted octanol–water partition coefficient (Wildman–Crippen LogP) is 4.14. The van der Waals surface area contributed by atoms with Gasteiger partial charge in [-0.25, -0.2) is 0 Å². The lowest BCUT2D eigenvalue weighted by atomic mass is 10.2. The number of amides is 1. The van der Waals surface area contributed by atoms with Crippen molar-refractivity contribution < 1.29 is 9.53 Å². The third kappa shape index (κ3) is 5.42. The van der Waals surface area contributed by atoms with Gasteiger partial charge in [0.05, 0.1) is 12.1 Å². The lowest BCUT2D eigenvalue weighted by Crippen LogP contribution is -2.24. The summed E-state index contributed by atoms with van der Waals surface area (Å²) < 4.78 is 5.07. The molecule has 25 heavy (non-hydrogen) atoms. The molecule has 128 valence electrons. The Morgan fingerprint density at radius 3 is 2.56 bits per heavy atom. The molecule has 2 rings (SSSR count). The van der Waals surface area contributed by atoms with Gasteiger partial charge >= 0.3 is 0 Å². The molecule has 0 aromatic heterocycles. The maximum absolute atomic E-state index is 12.1. The standard InChI is InChI=1S/C18H15Cl2N3O2/c1-25-17-7-6-15(8-16(17)20)22-11-13(9-21)18(24)23-10-12-2-4-14(19)5-3-12/h2-8,11,22H,10H2,1H3,(H,23,24)/b13-11-. The molecule has 0 saturated heterocycles. The van der Waals surface area contributed by atoms with Gasteiger partial charge in [-0.2, -0.15) is 5.26 Å². The number of anilines is 1. The van der Waals surface area contributed by atoms with Gasteiger partial charge in [0.25, 0.3) is 5.91 Å². The number of carbonyl (C=O) groups is 1. The Bertz CT molecular complexity index is 827. The molecule has 0 aliphatic rings. The Labute approximate surface area is 155 Å². The fraction of sp³-hybridized carbons (Fsp3) is 0.111. The number of hydrogen-bond donors (Lipinski definition) is 2. The molecule has 0 atom stereocenters. The highest BCUT2D eigenvalue weighted by Crippen LogP contribution is 2.27. The summed E-state index contributed by atoms with van der Waals surface area (Å²) in [5.41, 5.74) is 1.45. The van der Waals surface area contributed by atoms with Gasteiger partial charge in [-0.3, -0.25) is 4.79 Å². The molecular weight excluding hydrogens is 361 g/mol. The molecule has 0 saturated carbocycles. The average molecular weight is 376 g/mol. The SMILES string of the molecule is COc1ccc(N/C=C(/C#N)C(=O)NCc2ccc(Cl)cc2)cc1Cl. The first kappa shape index (κ1) is 18.7. The Kier molecular flexibility index (Phi) is 6.70. The van der Waals surface area contributed by atoms with E-state index in [-0.39, 0.29) is 5.57 Å². The zero-order chi connectivity index (χ0) is 18.2. The number of halogens is 2. The highest BCUT2D eigenvalue weighted by Gasteiger charge is 2.09. The van der Waals surface area contributed by atoms with E-state index in [1.807, 2.05) is 6.07 Å². The number of carbonyl (C=O) groups excluding carboxylic acids is 1. The van der Waals surface area contributed by atoms with Crippen LogP contribution in [0.3, 0.4) is 0 Å². The summed E-state index contributed by atoms with van der Waals surface area (Å²) in [6.07, 6.45) is 1.33. The van der Waals surface area contributed by atoms with Gasteiger partial charge in [-0.1, -0.05) is 35.3 Å². The largest absolute Gasteiger partial charge is 0.495 e. The molecule has 2 aromatic rings. The van der Waals surface area contributed by atoms with Crippen molar-refractivity contribution in [2.75, 3.05) is 12.4 Å². The quantitative estimate of drug-likeness (QED) is 0.587. The van der Waals surface area contributed by atoms with E-state index in [0.717, 1.165) is 5.56 Å². The van der Waals surface area contributed by atoms with Crippen molar-refractivity contribution in [2.24, 2.45) is 0 Å². The van der Waals surface area contributed by atoms with E-state index >= 15 is 0 Å². The second kappa shape index (κ2) is 8.97. The van der Waals surface area contributed by atoms with Crippen LogP contribution in [0.4, 0.5) is 5.69 Å². The van der Waals surface area contributed by atoms with Gasteiger partial charge in [0.2, 0.25) is 0 Å². The summed E-state index contributed by atoms with van der Waals surface area (Å²) in [5.74, 6) is 0.0574. The number of methoxy groups -OCH3 is 1. The van der Waals surface area contributed by atoms with Crippen LogP contribution in [-0.4, -0.2) is 13.0 Å².